The minimum atomic E-state index is -1.36. The lowest BCUT2D eigenvalue weighted by molar-refractivity contribution is -0.120. The molecule has 2 rings (SSSR count). The standard InChI is InChI=1S/C28H38N2O9/c1-14-8-7-9-21(37-5)26(39-28(29)36)17(4)10-15(2)24(33)22(38-6)11-16(3)23(32)19-12-18(31)13-20(25(19)34)30-27(14)35/h7-10,12-13,15-16,21-24,26,32-33H,11H2,1-6H3,(H2,29,36)(H,30,35)/b9-7-,14-8+,17-10+/t15-,16-,21+,22-,23+,24+,26-/m0/s1. The van der Waals surface area contributed by atoms with Crippen molar-refractivity contribution in [1.82, 2.24) is 5.32 Å². The minimum absolute atomic E-state index is 0.132. The zero-order valence-electron chi connectivity index (χ0n) is 23.0. The molecule has 0 fully saturated rings. The average Bonchev–Trinajstić information content (AvgIpc) is 2.88. The summed E-state index contributed by atoms with van der Waals surface area (Å²) < 4.78 is 16.3. The van der Waals surface area contributed by atoms with Crippen LogP contribution in [-0.4, -0.2) is 78.5 Å². The van der Waals surface area contributed by atoms with Gasteiger partial charge in [-0.15, -0.1) is 0 Å². The number of Topliss-reactive ketones (excluding diaryl/α,β-unsaturated/α-hetero) is 1. The van der Waals surface area contributed by atoms with Crippen LogP contribution in [0.5, 0.6) is 0 Å². The molecule has 0 spiro atoms. The highest BCUT2D eigenvalue weighted by Crippen LogP contribution is 2.27. The van der Waals surface area contributed by atoms with Gasteiger partial charge in [0.25, 0.3) is 5.91 Å². The molecule has 0 saturated heterocycles. The molecule has 0 radical (unpaired) electrons. The van der Waals surface area contributed by atoms with Gasteiger partial charge in [-0.1, -0.05) is 38.2 Å². The first kappa shape index (κ1) is 31.8. The van der Waals surface area contributed by atoms with Gasteiger partial charge in [-0.05, 0) is 37.8 Å². The van der Waals surface area contributed by atoms with E-state index in [9.17, 15) is 29.4 Å². The topological polar surface area (TPSA) is 174 Å². The first-order valence-corrected chi connectivity index (χ1v) is 12.5. The third-order valence-corrected chi connectivity index (χ3v) is 6.82. The normalized spacial score (nSPS) is 35.0. The highest BCUT2D eigenvalue weighted by Gasteiger charge is 2.34. The summed E-state index contributed by atoms with van der Waals surface area (Å²) in [5.74, 6) is -3.00. The summed E-state index contributed by atoms with van der Waals surface area (Å²) in [6.45, 7) is 6.61. The third-order valence-electron chi connectivity index (χ3n) is 6.82. The second kappa shape index (κ2) is 14.1. The van der Waals surface area contributed by atoms with E-state index in [4.69, 9.17) is 19.9 Å². The van der Waals surface area contributed by atoms with E-state index in [2.05, 4.69) is 5.32 Å². The SMILES string of the molecule is CO[C@H]1C[C@H](C)[C@@H](O)C2=CC(=O)C=C(NC(=O)/C(C)=C/C=C\[C@@H](OC)[C@@H](OC(N)=O)/C(C)=C/[C@H](C)[C@H]1O)C2=O. The number of fused-ring (bicyclic) bond motifs is 2. The molecular formula is C28H38N2O9. The van der Waals surface area contributed by atoms with Crippen molar-refractivity contribution in [2.45, 2.75) is 64.6 Å². The van der Waals surface area contributed by atoms with Gasteiger partial charge in [0.1, 0.15) is 6.10 Å². The number of ether oxygens (including phenoxy) is 3. The third kappa shape index (κ3) is 8.30. The van der Waals surface area contributed by atoms with Crippen LogP contribution in [0.1, 0.15) is 34.1 Å². The monoisotopic (exact) mass is 546 g/mol. The fourth-order valence-corrected chi connectivity index (χ4v) is 4.51. The number of primary amides is 1. The number of amides is 2. The summed E-state index contributed by atoms with van der Waals surface area (Å²) in [6.07, 6.45) is 2.47. The van der Waals surface area contributed by atoms with E-state index in [1.807, 2.05) is 0 Å². The molecule has 7 atom stereocenters. The maximum Gasteiger partial charge on any atom is 0.405 e. The second-order valence-electron chi connectivity index (χ2n) is 9.83. The van der Waals surface area contributed by atoms with Gasteiger partial charge in [-0.2, -0.15) is 0 Å². The predicted molar refractivity (Wildman–Crippen MR) is 142 cm³/mol. The lowest BCUT2D eigenvalue weighted by Gasteiger charge is -2.31. The maximum absolute atomic E-state index is 13.1. The van der Waals surface area contributed by atoms with E-state index in [0.29, 0.717) is 5.57 Å². The van der Waals surface area contributed by atoms with Crippen LogP contribution in [-0.2, 0) is 28.6 Å². The molecule has 0 saturated carbocycles. The number of hydrogen-bond donors (Lipinski definition) is 4. The number of methoxy groups -OCH3 is 2. The molecule has 1 aliphatic heterocycles. The Morgan fingerprint density at radius 2 is 1.74 bits per heavy atom. The van der Waals surface area contributed by atoms with Gasteiger partial charge >= 0.3 is 6.09 Å². The molecule has 1 aliphatic carbocycles. The molecule has 0 unspecified atom stereocenters. The second-order valence-corrected chi connectivity index (χ2v) is 9.83. The number of carbonyl (C=O) groups is 4. The van der Waals surface area contributed by atoms with E-state index in [0.717, 1.165) is 12.2 Å². The van der Waals surface area contributed by atoms with Crippen LogP contribution in [0.25, 0.3) is 0 Å². The zero-order valence-corrected chi connectivity index (χ0v) is 23.0. The van der Waals surface area contributed by atoms with Gasteiger partial charge in [0.05, 0.1) is 24.0 Å². The number of allylic oxidation sites excluding steroid dienone is 5. The number of hydrogen-bond acceptors (Lipinski definition) is 9. The Kier molecular flexibility index (Phi) is 11.5. The van der Waals surface area contributed by atoms with E-state index >= 15 is 0 Å². The smallest absolute Gasteiger partial charge is 0.405 e. The van der Waals surface area contributed by atoms with Crippen molar-refractivity contribution in [1.29, 1.82) is 0 Å². The van der Waals surface area contributed by atoms with E-state index in [-0.39, 0.29) is 23.3 Å². The fourth-order valence-electron chi connectivity index (χ4n) is 4.51. The summed E-state index contributed by atoms with van der Waals surface area (Å²) in [4.78, 5) is 49.8. The van der Waals surface area contributed by atoms with Crippen LogP contribution in [0.15, 0.2) is 58.9 Å². The Hall–Kier alpha value is -3.38. The van der Waals surface area contributed by atoms with Gasteiger partial charge < -0.3 is 35.5 Å². The lowest BCUT2D eigenvalue weighted by atomic mass is 9.84. The Morgan fingerprint density at radius 3 is 2.33 bits per heavy atom. The number of nitrogens with two attached hydrogens (primary N) is 1. The average molecular weight is 547 g/mol. The molecule has 5 N–H and O–H groups in total. The molecule has 11 nitrogen and oxygen atoms in total. The molecule has 2 aliphatic rings. The van der Waals surface area contributed by atoms with Gasteiger partial charge in [-0.3, -0.25) is 14.4 Å². The molecule has 11 heteroatoms. The summed E-state index contributed by atoms with van der Waals surface area (Å²) >= 11 is 0. The van der Waals surface area contributed by atoms with Crippen LogP contribution in [0.3, 0.4) is 0 Å². The van der Waals surface area contributed by atoms with Crippen molar-refractivity contribution in [2.75, 3.05) is 14.2 Å². The van der Waals surface area contributed by atoms with E-state index in [1.165, 1.54) is 33.3 Å². The number of aliphatic hydroxyl groups is 2. The first-order chi connectivity index (χ1) is 18.3. The van der Waals surface area contributed by atoms with Gasteiger partial charge in [-0.25, -0.2) is 4.79 Å². The Morgan fingerprint density at radius 1 is 1.08 bits per heavy atom. The van der Waals surface area contributed by atoms with Crippen LogP contribution in [0.4, 0.5) is 4.79 Å². The number of nitrogens with one attached hydrogen (secondary N) is 1. The molecule has 214 valence electrons. The van der Waals surface area contributed by atoms with Crippen molar-refractivity contribution in [3.63, 3.8) is 0 Å². The Labute approximate surface area is 228 Å². The summed E-state index contributed by atoms with van der Waals surface area (Å²) in [5.41, 5.74) is 5.63. The molecule has 1 heterocycles. The number of carbonyl (C=O) groups excluding carboxylic acids is 4. The van der Waals surface area contributed by atoms with Gasteiger partial charge in [0.15, 0.2) is 11.9 Å². The molecule has 2 bridgehead atoms. The summed E-state index contributed by atoms with van der Waals surface area (Å²) in [7, 11) is 2.82. The van der Waals surface area contributed by atoms with Crippen molar-refractivity contribution < 1.29 is 43.6 Å². The number of rotatable bonds is 3. The maximum atomic E-state index is 13.1. The number of ketones is 2. The molecule has 2 amide bonds. The van der Waals surface area contributed by atoms with Gasteiger partial charge in [0.2, 0.25) is 5.78 Å². The zero-order chi connectivity index (χ0) is 29.4. The molecule has 0 aromatic heterocycles. The van der Waals surface area contributed by atoms with E-state index in [1.54, 1.807) is 32.9 Å². The molecular weight excluding hydrogens is 508 g/mol. The minimum Gasteiger partial charge on any atom is -0.439 e. The largest absolute Gasteiger partial charge is 0.439 e. The van der Waals surface area contributed by atoms with Crippen molar-refractivity contribution in [3.8, 4) is 0 Å². The van der Waals surface area contributed by atoms with E-state index < -0.39 is 65.9 Å². The Balaban J connectivity index is 2.58. The lowest BCUT2D eigenvalue weighted by Crippen LogP contribution is -2.39. The van der Waals surface area contributed by atoms with Crippen molar-refractivity contribution in [2.24, 2.45) is 17.6 Å². The highest BCUT2D eigenvalue weighted by molar-refractivity contribution is 6.22. The molecule has 0 aromatic carbocycles. The molecule has 39 heavy (non-hydrogen) atoms. The first-order valence-electron chi connectivity index (χ1n) is 12.5. The highest BCUT2D eigenvalue weighted by atomic mass is 16.6. The van der Waals surface area contributed by atoms with Crippen LogP contribution >= 0.6 is 0 Å². The summed E-state index contributed by atoms with van der Waals surface area (Å²) in [6, 6.07) is 0. The molecule has 0 aromatic rings. The van der Waals surface area contributed by atoms with Crippen LogP contribution < -0.4 is 11.1 Å². The Bertz CT molecular complexity index is 1120. The van der Waals surface area contributed by atoms with Crippen LogP contribution in [0, 0.1) is 11.8 Å². The van der Waals surface area contributed by atoms with Crippen LogP contribution in [0.2, 0.25) is 0 Å². The fraction of sp³-hybridized carbons (Fsp3) is 0.500. The summed E-state index contributed by atoms with van der Waals surface area (Å²) in [5, 5.41) is 24.5. The van der Waals surface area contributed by atoms with Crippen molar-refractivity contribution >= 4 is 23.6 Å². The van der Waals surface area contributed by atoms with Crippen molar-refractivity contribution in [3.05, 3.63) is 58.9 Å². The number of aliphatic hydroxyl groups excluding tert-OH is 2. The quantitative estimate of drug-likeness (QED) is 0.301. The van der Waals surface area contributed by atoms with Gasteiger partial charge in [0, 0.05) is 37.4 Å². The predicted octanol–water partition coefficient (Wildman–Crippen LogP) is 1.41.